The van der Waals surface area contributed by atoms with Crippen molar-refractivity contribution in [2.75, 3.05) is 5.32 Å². The third-order valence-corrected chi connectivity index (χ3v) is 6.53. The molecule has 1 amide bonds. The highest BCUT2D eigenvalue weighted by molar-refractivity contribution is 6.37. The van der Waals surface area contributed by atoms with Crippen LogP contribution in [0.15, 0.2) is 78.5 Å². The second kappa shape index (κ2) is 12.4. The van der Waals surface area contributed by atoms with E-state index in [9.17, 15) is 44.3 Å². The molecule has 1 atom stereocenters. The number of carbonyl (C=O) groups excluding carboxylic acids is 1. The van der Waals surface area contributed by atoms with Gasteiger partial charge in [0.15, 0.2) is 0 Å². The number of benzene rings is 2. The van der Waals surface area contributed by atoms with Crippen LogP contribution < -0.4 is 5.32 Å². The molecular weight excluding hydrogens is 652 g/mol. The molecule has 3 aromatic rings. The number of hydrogen-bond donors (Lipinski definition) is 1. The van der Waals surface area contributed by atoms with E-state index in [2.05, 4.69) is 22.2 Å². The van der Waals surface area contributed by atoms with E-state index in [1.165, 1.54) is 49.4 Å². The number of carbonyl (C=O) groups is 1. The van der Waals surface area contributed by atoms with Crippen LogP contribution in [0.25, 0.3) is 16.9 Å². The van der Waals surface area contributed by atoms with Gasteiger partial charge in [0, 0.05) is 22.4 Å². The molecule has 1 aromatic heterocycles. The molecule has 0 aliphatic rings. The lowest BCUT2D eigenvalue weighted by Gasteiger charge is -2.36. The monoisotopic (exact) mass is 667 g/mol. The van der Waals surface area contributed by atoms with Gasteiger partial charge in [0.1, 0.15) is 11.4 Å². The lowest BCUT2D eigenvalue weighted by atomic mass is 9.87. The topological polar surface area (TPSA) is 83.6 Å². The van der Waals surface area contributed by atoms with E-state index in [0.29, 0.717) is 5.56 Å². The summed E-state index contributed by atoms with van der Waals surface area (Å²) in [5.41, 5.74) is -7.82. The van der Waals surface area contributed by atoms with Crippen LogP contribution >= 0.6 is 23.2 Å². The van der Waals surface area contributed by atoms with Crippen molar-refractivity contribution in [2.45, 2.75) is 30.9 Å². The molecule has 1 heterocycles. The number of halogens is 11. The predicted octanol–water partition coefficient (Wildman–Crippen LogP) is 8.69. The van der Waals surface area contributed by atoms with Crippen molar-refractivity contribution in [1.29, 1.82) is 5.26 Å². The Morgan fingerprint density at radius 1 is 1.00 bits per heavy atom. The third kappa shape index (κ3) is 6.46. The van der Waals surface area contributed by atoms with Crippen LogP contribution in [0.1, 0.15) is 12.5 Å². The van der Waals surface area contributed by atoms with E-state index in [-0.39, 0.29) is 34.7 Å². The minimum Gasteiger partial charge on any atom is -0.322 e. The SMILES string of the molecule is C=C/C(C#N)=C\C=C(/C)C(=O)Nc1cccc(-c2cn(-c3c(Cl)cc(C(F)(C(F)(F)F)C(F)(F)C(F)(F)F)cc3Cl)nn2)c1. The van der Waals surface area contributed by atoms with Gasteiger partial charge >= 0.3 is 23.9 Å². The second-order valence-corrected chi connectivity index (χ2v) is 9.70. The van der Waals surface area contributed by atoms with Gasteiger partial charge in [-0.05, 0) is 37.3 Å². The first kappa shape index (κ1) is 34.2. The molecule has 0 bridgehead atoms. The van der Waals surface area contributed by atoms with E-state index in [0.717, 1.165) is 10.9 Å². The highest BCUT2D eigenvalue weighted by Crippen LogP contribution is 2.59. The molecule has 2 aromatic carbocycles. The maximum absolute atomic E-state index is 14.9. The molecule has 0 saturated heterocycles. The van der Waals surface area contributed by atoms with Gasteiger partial charge in [0.05, 0.1) is 27.9 Å². The predicted molar refractivity (Wildman–Crippen MR) is 143 cm³/mol. The first-order valence-corrected chi connectivity index (χ1v) is 12.5. The molecule has 0 aliphatic heterocycles. The van der Waals surface area contributed by atoms with Crippen LogP contribution in [0.3, 0.4) is 0 Å². The molecule has 0 aliphatic carbocycles. The molecule has 3 rings (SSSR count). The quantitative estimate of drug-likeness (QED) is 0.113. The zero-order chi connectivity index (χ0) is 33.3. The van der Waals surface area contributed by atoms with E-state index in [1.54, 1.807) is 0 Å². The van der Waals surface area contributed by atoms with Crippen molar-refractivity contribution in [3.05, 3.63) is 94.2 Å². The Kier molecular flexibility index (Phi) is 9.62. The van der Waals surface area contributed by atoms with E-state index in [1.807, 2.05) is 6.07 Å². The fraction of sp³-hybridized carbons (Fsp3) is 0.185. The largest absolute Gasteiger partial charge is 0.457 e. The summed E-state index contributed by atoms with van der Waals surface area (Å²) >= 11 is 11.8. The van der Waals surface area contributed by atoms with Crippen molar-refractivity contribution < 1.29 is 44.3 Å². The van der Waals surface area contributed by atoms with Gasteiger partial charge < -0.3 is 5.32 Å². The van der Waals surface area contributed by atoms with Crippen molar-refractivity contribution >= 4 is 34.8 Å². The zero-order valence-corrected chi connectivity index (χ0v) is 23.3. The smallest absolute Gasteiger partial charge is 0.322 e. The van der Waals surface area contributed by atoms with Crippen LogP contribution in [0, 0.1) is 11.3 Å². The molecule has 1 N–H and O–H groups in total. The molecule has 0 saturated carbocycles. The Morgan fingerprint density at radius 3 is 2.14 bits per heavy atom. The number of nitriles is 1. The molecule has 1 unspecified atom stereocenters. The molecule has 0 fully saturated rings. The van der Waals surface area contributed by atoms with Gasteiger partial charge in [0.25, 0.3) is 5.91 Å². The van der Waals surface area contributed by atoms with Gasteiger partial charge in [-0.3, -0.25) is 4.79 Å². The summed E-state index contributed by atoms with van der Waals surface area (Å²) in [5, 5.41) is 17.2. The summed E-state index contributed by atoms with van der Waals surface area (Å²) in [5.74, 6) is -7.44. The Bertz CT molecular complexity index is 1680. The molecule has 232 valence electrons. The minimum atomic E-state index is -6.93. The summed E-state index contributed by atoms with van der Waals surface area (Å²) in [6.45, 7) is 4.95. The maximum atomic E-state index is 14.9. The third-order valence-electron chi connectivity index (χ3n) is 5.95. The molecule has 0 radical (unpaired) electrons. The summed E-state index contributed by atoms with van der Waals surface area (Å²) in [4.78, 5) is 12.5. The van der Waals surface area contributed by atoms with Crippen LogP contribution in [0.2, 0.25) is 10.0 Å². The van der Waals surface area contributed by atoms with Crippen LogP contribution in [0.5, 0.6) is 0 Å². The van der Waals surface area contributed by atoms with Crippen LogP contribution in [-0.2, 0) is 10.5 Å². The molecule has 6 nitrogen and oxygen atoms in total. The van der Waals surface area contributed by atoms with Crippen molar-refractivity contribution in [3.8, 4) is 23.0 Å². The molecule has 44 heavy (non-hydrogen) atoms. The number of nitrogens with zero attached hydrogens (tertiary/aromatic N) is 4. The summed E-state index contributed by atoms with van der Waals surface area (Å²) in [6, 6.07) is 7.75. The second-order valence-electron chi connectivity index (χ2n) is 8.89. The van der Waals surface area contributed by atoms with E-state index in [4.69, 9.17) is 28.5 Å². The van der Waals surface area contributed by atoms with Crippen molar-refractivity contribution in [3.63, 3.8) is 0 Å². The number of aromatic nitrogens is 3. The van der Waals surface area contributed by atoms with Crippen molar-refractivity contribution in [1.82, 2.24) is 15.0 Å². The Balaban J connectivity index is 1.97. The zero-order valence-electron chi connectivity index (χ0n) is 21.8. The number of rotatable bonds is 8. The van der Waals surface area contributed by atoms with Crippen molar-refractivity contribution in [2.24, 2.45) is 0 Å². The summed E-state index contributed by atoms with van der Waals surface area (Å²) in [7, 11) is 0. The number of amides is 1. The maximum Gasteiger partial charge on any atom is 0.457 e. The molecular formula is C27H16Cl2F9N5O. The van der Waals surface area contributed by atoms with E-state index < -0.39 is 51.1 Å². The Morgan fingerprint density at radius 2 is 1.61 bits per heavy atom. The number of hydrogen-bond acceptors (Lipinski definition) is 4. The highest BCUT2D eigenvalue weighted by Gasteiger charge is 2.81. The Hall–Kier alpha value is -4.29. The average Bonchev–Trinajstić information content (AvgIpc) is 3.41. The Labute approximate surface area is 252 Å². The van der Waals surface area contributed by atoms with Gasteiger partial charge in [-0.25, -0.2) is 9.07 Å². The number of alkyl halides is 9. The minimum absolute atomic E-state index is 0.0624. The van der Waals surface area contributed by atoms with Gasteiger partial charge in [-0.1, -0.05) is 59.3 Å². The number of allylic oxidation sites excluding steroid dienone is 4. The highest BCUT2D eigenvalue weighted by atomic mass is 35.5. The van der Waals surface area contributed by atoms with Crippen LogP contribution in [0.4, 0.5) is 45.2 Å². The lowest BCUT2D eigenvalue weighted by Crippen LogP contribution is -2.59. The average molecular weight is 668 g/mol. The molecule has 0 spiro atoms. The number of nitrogens with one attached hydrogen (secondary N) is 1. The molecule has 17 heteroatoms. The lowest BCUT2D eigenvalue weighted by molar-refractivity contribution is -0.389. The first-order valence-electron chi connectivity index (χ1n) is 11.7. The number of anilines is 1. The summed E-state index contributed by atoms with van der Waals surface area (Å²) < 4.78 is 122. The standard InChI is InChI=1S/C27H16Cl2F9N5O/c1-3-15(12-39)8-7-14(2)23(44)40-18-6-4-5-16(9-18)21-13-43(42-41-21)22-19(28)10-17(11-20(22)29)24(30,26(33,34)35)25(31,32)27(36,37)38/h3-11,13H,1H2,2H3,(H,40,44)/b14-7+,15-8+. The normalized spacial score (nSPS) is 14.5. The fourth-order valence-electron chi connectivity index (χ4n) is 3.63. The van der Waals surface area contributed by atoms with Gasteiger partial charge in [-0.2, -0.15) is 40.4 Å². The first-order chi connectivity index (χ1) is 20.3. The van der Waals surface area contributed by atoms with Crippen LogP contribution in [-0.4, -0.2) is 39.2 Å². The fourth-order valence-corrected chi connectivity index (χ4v) is 4.29. The van der Waals surface area contributed by atoms with Gasteiger partial charge in [-0.15, -0.1) is 5.10 Å². The van der Waals surface area contributed by atoms with Gasteiger partial charge in [0.2, 0.25) is 0 Å². The van der Waals surface area contributed by atoms with E-state index >= 15 is 0 Å². The summed E-state index contributed by atoms with van der Waals surface area (Å²) in [6.07, 6.45) is -8.46.